The Balaban J connectivity index is 1.88. The number of aromatic nitrogens is 2. The normalized spacial score (nSPS) is 10.8. The van der Waals surface area contributed by atoms with E-state index in [4.69, 9.17) is 21.6 Å². The number of pyridine rings is 1. The zero-order chi connectivity index (χ0) is 20.7. The maximum atomic E-state index is 11.9. The molecule has 0 radical (unpaired) electrons. The molecule has 8 heteroatoms. The summed E-state index contributed by atoms with van der Waals surface area (Å²) in [5, 5.41) is 30.2. The van der Waals surface area contributed by atoms with Crippen LogP contribution in [-0.2, 0) is 0 Å². The summed E-state index contributed by atoms with van der Waals surface area (Å²) in [7, 11) is 1.48. The lowest BCUT2D eigenvalue weighted by Crippen LogP contribution is -2.10. The van der Waals surface area contributed by atoms with E-state index in [-0.39, 0.29) is 22.0 Å². The van der Waals surface area contributed by atoms with E-state index >= 15 is 0 Å². The molecular formula is C21H14ClN3O4. The van der Waals surface area contributed by atoms with Gasteiger partial charge in [-0.1, -0.05) is 35.9 Å². The van der Waals surface area contributed by atoms with E-state index in [1.54, 1.807) is 48.5 Å². The quantitative estimate of drug-likeness (QED) is 0.476. The molecule has 0 fully saturated rings. The van der Waals surface area contributed by atoms with E-state index in [0.717, 1.165) is 5.56 Å². The van der Waals surface area contributed by atoms with E-state index in [0.29, 0.717) is 22.5 Å². The minimum Gasteiger partial charge on any atom is -0.504 e. The predicted octanol–water partition coefficient (Wildman–Crippen LogP) is 3.93. The topological polar surface area (TPSA) is 111 Å². The molecule has 0 saturated carbocycles. The summed E-state index contributed by atoms with van der Waals surface area (Å²) in [5.41, 5.74) is 1.41. The Bertz CT molecular complexity index is 1350. The molecule has 0 spiro atoms. The Labute approximate surface area is 169 Å². The number of fused-ring (bicyclic) bond motifs is 1. The molecule has 3 N–H and O–H groups in total. The molecule has 0 unspecified atom stereocenters. The number of aromatic amines is 1. The number of ether oxygens (including phenoxy) is 1. The summed E-state index contributed by atoms with van der Waals surface area (Å²) < 4.78 is 6.67. The van der Waals surface area contributed by atoms with Crippen molar-refractivity contribution in [2.75, 3.05) is 7.11 Å². The highest BCUT2D eigenvalue weighted by molar-refractivity contribution is 6.31. The van der Waals surface area contributed by atoms with Crippen LogP contribution < -0.4 is 10.3 Å². The Morgan fingerprint density at radius 2 is 1.86 bits per heavy atom. The summed E-state index contributed by atoms with van der Waals surface area (Å²) in [4.78, 5) is 14.5. The first kappa shape index (κ1) is 18.5. The Kier molecular flexibility index (Phi) is 4.41. The van der Waals surface area contributed by atoms with Crippen molar-refractivity contribution in [3.8, 4) is 40.1 Å². The second-order valence-electron chi connectivity index (χ2n) is 6.26. The monoisotopic (exact) mass is 407 g/mol. The SMILES string of the molecule is COc1cccc(-c2ccc(-n3c(Cl)cc4[nH]c(=O)c(C#N)c(O)c43)cc2)c1O. The van der Waals surface area contributed by atoms with Gasteiger partial charge in [-0.2, -0.15) is 5.26 Å². The number of halogens is 1. The van der Waals surface area contributed by atoms with Crippen molar-refractivity contribution in [2.45, 2.75) is 0 Å². The van der Waals surface area contributed by atoms with Gasteiger partial charge in [0.15, 0.2) is 22.8 Å². The largest absolute Gasteiger partial charge is 0.504 e. The molecule has 4 aromatic rings. The average Bonchev–Trinajstić information content (AvgIpc) is 3.04. The number of nitriles is 1. The number of para-hydroxylation sites is 1. The van der Waals surface area contributed by atoms with Crippen molar-refractivity contribution in [3.63, 3.8) is 0 Å². The van der Waals surface area contributed by atoms with E-state index < -0.39 is 11.3 Å². The number of nitrogens with one attached hydrogen (secondary N) is 1. The second-order valence-corrected chi connectivity index (χ2v) is 6.64. The fourth-order valence-electron chi connectivity index (χ4n) is 3.28. The molecule has 4 rings (SSSR count). The van der Waals surface area contributed by atoms with Crippen molar-refractivity contribution in [1.82, 2.24) is 9.55 Å². The molecule has 0 amide bonds. The molecule has 0 aliphatic heterocycles. The first-order valence-corrected chi connectivity index (χ1v) is 8.87. The molecule has 0 saturated heterocycles. The summed E-state index contributed by atoms with van der Waals surface area (Å²) in [6.45, 7) is 0. The molecule has 0 aliphatic carbocycles. The lowest BCUT2D eigenvalue weighted by molar-refractivity contribution is 0.374. The summed E-state index contributed by atoms with van der Waals surface area (Å²) >= 11 is 6.33. The van der Waals surface area contributed by atoms with Gasteiger partial charge in [0.25, 0.3) is 5.56 Å². The molecular weight excluding hydrogens is 394 g/mol. The van der Waals surface area contributed by atoms with E-state index in [2.05, 4.69) is 4.98 Å². The van der Waals surface area contributed by atoms with Crippen LogP contribution in [0.5, 0.6) is 17.2 Å². The fraction of sp³-hybridized carbons (Fsp3) is 0.0476. The molecule has 2 aromatic carbocycles. The van der Waals surface area contributed by atoms with E-state index in [1.165, 1.54) is 17.7 Å². The third kappa shape index (κ3) is 2.87. The van der Waals surface area contributed by atoms with Crippen LogP contribution in [0.2, 0.25) is 5.15 Å². The van der Waals surface area contributed by atoms with Gasteiger partial charge in [-0.3, -0.25) is 9.36 Å². The number of nitrogens with zero attached hydrogens (tertiary/aromatic N) is 2. The number of methoxy groups -OCH3 is 1. The highest BCUT2D eigenvalue weighted by Crippen LogP contribution is 2.38. The third-order valence-corrected chi connectivity index (χ3v) is 4.94. The number of H-pyrrole nitrogens is 1. The number of phenolic OH excluding ortho intramolecular Hbond substituents is 1. The molecule has 0 bridgehead atoms. The molecule has 0 aliphatic rings. The predicted molar refractivity (Wildman–Crippen MR) is 109 cm³/mol. The van der Waals surface area contributed by atoms with Gasteiger partial charge in [0.1, 0.15) is 16.7 Å². The number of hydrogen-bond acceptors (Lipinski definition) is 5. The molecule has 2 heterocycles. The number of phenols is 1. The van der Waals surface area contributed by atoms with Crippen molar-refractivity contribution < 1.29 is 14.9 Å². The van der Waals surface area contributed by atoms with Gasteiger partial charge in [0.2, 0.25) is 0 Å². The minimum atomic E-state index is -0.685. The van der Waals surface area contributed by atoms with Gasteiger partial charge in [-0.05, 0) is 29.8 Å². The van der Waals surface area contributed by atoms with Crippen LogP contribution in [0.4, 0.5) is 0 Å². The standard InChI is InChI=1S/C21H14ClN3O4/c1-29-16-4-2-3-13(19(16)26)11-5-7-12(8-6-11)25-17(22)9-15-18(25)20(27)14(10-23)21(28)24-15/h2-9,26H,1H3,(H2,24,27,28). The molecule has 29 heavy (non-hydrogen) atoms. The van der Waals surface area contributed by atoms with Crippen molar-refractivity contribution >= 4 is 22.6 Å². The number of aromatic hydroxyl groups is 2. The minimum absolute atomic E-state index is 0.0288. The summed E-state index contributed by atoms with van der Waals surface area (Å²) in [6.07, 6.45) is 0. The number of hydrogen-bond donors (Lipinski definition) is 3. The van der Waals surface area contributed by atoms with Crippen LogP contribution in [0.1, 0.15) is 5.56 Å². The van der Waals surface area contributed by atoms with Crippen molar-refractivity contribution in [1.29, 1.82) is 5.26 Å². The molecule has 7 nitrogen and oxygen atoms in total. The summed E-state index contributed by atoms with van der Waals surface area (Å²) in [5.74, 6) is -0.0438. The smallest absolute Gasteiger partial charge is 0.270 e. The van der Waals surface area contributed by atoms with E-state index in [9.17, 15) is 15.0 Å². The zero-order valence-electron chi connectivity index (χ0n) is 15.1. The van der Waals surface area contributed by atoms with Gasteiger partial charge < -0.3 is 19.9 Å². The van der Waals surface area contributed by atoms with Gasteiger partial charge >= 0.3 is 0 Å². The average molecular weight is 408 g/mol. The van der Waals surface area contributed by atoms with E-state index in [1.807, 2.05) is 0 Å². The van der Waals surface area contributed by atoms with Crippen LogP contribution in [0.25, 0.3) is 27.8 Å². The number of benzene rings is 2. The maximum absolute atomic E-state index is 11.9. The van der Waals surface area contributed by atoms with Gasteiger partial charge in [-0.15, -0.1) is 0 Å². The van der Waals surface area contributed by atoms with Crippen LogP contribution in [0, 0.1) is 11.3 Å². The molecule has 144 valence electrons. The first-order chi connectivity index (χ1) is 14.0. The molecule has 2 aromatic heterocycles. The lowest BCUT2D eigenvalue weighted by atomic mass is 10.0. The van der Waals surface area contributed by atoms with Crippen molar-refractivity contribution in [2.24, 2.45) is 0 Å². The Morgan fingerprint density at radius 3 is 2.52 bits per heavy atom. The highest BCUT2D eigenvalue weighted by Gasteiger charge is 2.19. The summed E-state index contributed by atoms with van der Waals surface area (Å²) in [6, 6.07) is 15.5. The van der Waals surface area contributed by atoms with Gasteiger partial charge in [0.05, 0.1) is 12.6 Å². The van der Waals surface area contributed by atoms with Crippen LogP contribution in [0.15, 0.2) is 53.3 Å². The van der Waals surface area contributed by atoms with Crippen LogP contribution in [0.3, 0.4) is 0 Å². The van der Waals surface area contributed by atoms with Gasteiger partial charge in [0, 0.05) is 11.3 Å². The lowest BCUT2D eigenvalue weighted by Gasteiger charge is -2.12. The third-order valence-electron chi connectivity index (χ3n) is 4.66. The van der Waals surface area contributed by atoms with Crippen LogP contribution >= 0.6 is 11.6 Å². The zero-order valence-corrected chi connectivity index (χ0v) is 15.9. The Morgan fingerprint density at radius 1 is 1.14 bits per heavy atom. The Hall–Kier alpha value is -3.89. The number of rotatable bonds is 3. The van der Waals surface area contributed by atoms with Gasteiger partial charge in [-0.25, -0.2) is 0 Å². The van der Waals surface area contributed by atoms with Crippen molar-refractivity contribution in [3.05, 3.63) is 69.6 Å². The molecule has 0 atom stereocenters. The second kappa shape index (κ2) is 6.93. The van der Waals surface area contributed by atoms with Crippen LogP contribution in [-0.4, -0.2) is 26.9 Å². The first-order valence-electron chi connectivity index (χ1n) is 8.49. The highest BCUT2D eigenvalue weighted by atomic mass is 35.5. The fourth-order valence-corrected chi connectivity index (χ4v) is 3.58. The maximum Gasteiger partial charge on any atom is 0.270 e.